The van der Waals surface area contributed by atoms with Gasteiger partial charge in [-0.3, -0.25) is 4.79 Å². The standard InChI is InChI=1S/C16H20ClNO2/c17-11-16(5-7-20-8-6-16)18-15(19)14-9-12-3-1-2-4-13(12)10-14/h1-4,14H,5-11H2,(H,18,19). The first-order chi connectivity index (χ1) is 9.72. The van der Waals surface area contributed by atoms with Crippen molar-refractivity contribution in [2.75, 3.05) is 19.1 Å². The molecule has 20 heavy (non-hydrogen) atoms. The molecule has 1 fully saturated rings. The van der Waals surface area contributed by atoms with E-state index in [1.165, 1.54) is 11.1 Å². The highest BCUT2D eigenvalue weighted by molar-refractivity contribution is 6.18. The number of ether oxygens (including phenoxy) is 1. The van der Waals surface area contributed by atoms with Crippen LogP contribution in [0, 0.1) is 5.92 Å². The Balaban J connectivity index is 1.66. The van der Waals surface area contributed by atoms with Crippen LogP contribution in [0.5, 0.6) is 0 Å². The highest BCUT2D eigenvalue weighted by Crippen LogP contribution is 2.28. The molecule has 0 aromatic heterocycles. The molecule has 0 spiro atoms. The van der Waals surface area contributed by atoms with E-state index in [1.807, 2.05) is 12.1 Å². The Morgan fingerprint density at radius 1 is 1.25 bits per heavy atom. The fourth-order valence-electron chi connectivity index (χ4n) is 3.16. The number of fused-ring (bicyclic) bond motifs is 1. The van der Waals surface area contributed by atoms with Crippen LogP contribution in [0.3, 0.4) is 0 Å². The Kier molecular flexibility index (Phi) is 3.99. The van der Waals surface area contributed by atoms with Crippen LogP contribution >= 0.6 is 11.6 Å². The van der Waals surface area contributed by atoms with Gasteiger partial charge in [0, 0.05) is 25.0 Å². The van der Waals surface area contributed by atoms with Crippen LogP contribution in [0.25, 0.3) is 0 Å². The smallest absolute Gasteiger partial charge is 0.224 e. The van der Waals surface area contributed by atoms with Crippen LogP contribution in [-0.2, 0) is 22.4 Å². The number of halogens is 1. The summed E-state index contributed by atoms with van der Waals surface area (Å²) >= 11 is 6.11. The number of benzene rings is 1. The first-order valence-electron chi connectivity index (χ1n) is 7.25. The number of rotatable bonds is 3. The van der Waals surface area contributed by atoms with E-state index in [1.54, 1.807) is 0 Å². The van der Waals surface area contributed by atoms with E-state index >= 15 is 0 Å². The average Bonchev–Trinajstić information content (AvgIpc) is 2.92. The molecule has 0 unspecified atom stereocenters. The van der Waals surface area contributed by atoms with Gasteiger partial charge in [-0.2, -0.15) is 0 Å². The molecule has 1 aliphatic carbocycles. The highest BCUT2D eigenvalue weighted by Gasteiger charge is 2.36. The van der Waals surface area contributed by atoms with Gasteiger partial charge in [0.25, 0.3) is 0 Å². The SMILES string of the molecule is O=C(NC1(CCl)CCOCC1)C1Cc2ccccc2C1. The first-order valence-corrected chi connectivity index (χ1v) is 7.78. The second-order valence-electron chi connectivity index (χ2n) is 5.89. The largest absolute Gasteiger partial charge is 0.381 e. The lowest BCUT2D eigenvalue weighted by Crippen LogP contribution is -2.55. The van der Waals surface area contributed by atoms with E-state index in [9.17, 15) is 4.79 Å². The molecule has 1 saturated heterocycles. The lowest BCUT2D eigenvalue weighted by atomic mass is 9.91. The van der Waals surface area contributed by atoms with Crippen molar-refractivity contribution in [1.29, 1.82) is 0 Å². The molecule has 108 valence electrons. The fourth-order valence-corrected chi connectivity index (χ4v) is 3.50. The molecular formula is C16H20ClNO2. The van der Waals surface area contributed by atoms with Crippen LogP contribution in [-0.4, -0.2) is 30.5 Å². The van der Waals surface area contributed by atoms with E-state index in [4.69, 9.17) is 16.3 Å². The lowest BCUT2D eigenvalue weighted by molar-refractivity contribution is -0.127. The predicted octanol–water partition coefficient (Wildman–Crippen LogP) is 2.31. The molecule has 1 aromatic rings. The third kappa shape index (κ3) is 2.70. The van der Waals surface area contributed by atoms with Crippen LogP contribution < -0.4 is 5.32 Å². The zero-order valence-corrected chi connectivity index (χ0v) is 12.3. The van der Waals surface area contributed by atoms with Crippen molar-refractivity contribution in [3.05, 3.63) is 35.4 Å². The number of hydrogen-bond donors (Lipinski definition) is 1. The molecule has 0 radical (unpaired) electrons. The lowest BCUT2D eigenvalue weighted by Gasteiger charge is -2.37. The second-order valence-corrected chi connectivity index (χ2v) is 6.16. The van der Waals surface area contributed by atoms with Crippen molar-refractivity contribution in [3.8, 4) is 0 Å². The molecule has 2 aliphatic rings. The Hall–Kier alpha value is -1.06. The predicted molar refractivity (Wildman–Crippen MR) is 79.0 cm³/mol. The Morgan fingerprint density at radius 3 is 2.40 bits per heavy atom. The van der Waals surface area contributed by atoms with Crippen molar-refractivity contribution < 1.29 is 9.53 Å². The van der Waals surface area contributed by atoms with Crippen LogP contribution in [0.15, 0.2) is 24.3 Å². The summed E-state index contributed by atoms with van der Waals surface area (Å²) in [6, 6.07) is 8.32. The number of carbonyl (C=O) groups excluding carboxylic acids is 1. The Labute approximate surface area is 124 Å². The Morgan fingerprint density at radius 2 is 1.85 bits per heavy atom. The zero-order chi connectivity index (χ0) is 14.0. The maximum atomic E-state index is 12.5. The van der Waals surface area contributed by atoms with E-state index in [2.05, 4.69) is 17.4 Å². The van der Waals surface area contributed by atoms with Gasteiger partial charge in [0.05, 0.1) is 5.54 Å². The summed E-state index contributed by atoms with van der Waals surface area (Å²) in [5.74, 6) is 0.654. The van der Waals surface area contributed by atoms with E-state index in [0.717, 1.165) is 25.7 Å². The van der Waals surface area contributed by atoms with Crippen molar-refractivity contribution >= 4 is 17.5 Å². The molecule has 4 heteroatoms. The molecule has 1 aliphatic heterocycles. The van der Waals surface area contributed by atoms with E-state index < -0.39 is 0 Å². The molecule has 1 N–H and O–H groups in total. The molecule has 0 bridgehead atoms. The number of hydrogen-bond acceptors (Lipinski definition) is 2. The van der Waals surface area contributed by atoms with Gasteiger partial charge < -0.3 is 10.1 Å². The van der Waals surface area contributed by atoms with Crippen molar-refractivity contribution in [1.82, 2.24) is 5.32 Å². The van der Waals surface area contributed by atoms with Gasteiger partial charge in [0.15, 0.2) is 0 Å². The highest BCUT2D eigenvalue weighted by atomic mass is 35.5. The van der Waals surface area contributed by atoms with Crippen molar-refractivity contribution in [2.45, 2.75) is 31.2 Å². The number of carbonyl (C=O) groups is 1. The maximum Gasteiger partial charge on any atom is 0.224 e. The second kappa shape index (κ2) is 5.74. The minimum absolute atomic E-state index is 0.0512. The molecule has 1 amide bonds. The number of amides is 1. The van der Waals surface area contributed by atoms with Gasteiger partial charge in [-0.25, -0.2) is 0 Å². The molecule has 3 nitrogen and oxygen atoms in total. The molecule has 1 aromatic carbocycles. The number of alkyl halides is 1. The third-order valence-corrected chi connectivity index (χ3v) is 5.03. The minimum atomic E-state index is -0.272. The molecule has 0 saturated carbocycles. The third-order valence-electron chi connectivity index (χ3n) is 4.52. The normalized spacial score (nSPS) is 21.4. The van der Waals surface area contributed by atoms with Gasteiger partial charge in [-0.1, -0.05) is 24.3 Å². The van der Waals surface area contributed by atoms with Crippen LogP contribution in [0.1, 0.15) is 24.0 Å². The fraction of sp³-hybridized carbons (Fsp3) is 0.562. The van der Waals surface area contributed by atoms with Gasteiger partial charge in [-0.15, -0.1) is 11.6 Å². The molecular weight excluding hydrogens is 274 g/mol. The average molecular weight is 294 g/mol. The maximum absolute atomic E-state index is 12.5. The minimum Gasteiger partial charge on any atom is -0.381 e. The van der Waals surface area contributed by atoms with Crippen molar-refractivity contribution in [3.63, 3.8) is 0 Å². The van der Waals surface area contributed by atoms with Crippen molar-refractivity contribution in [2.24, 2.45) is 5.92 Å². The summed E-state index contributed by atoms with van der Waals surface area (Å²) in [4.78, 5) is 12.5. The topological polar surface area (TPSA) is 38.3 Å². The van der Waals surface area contributed by atoms with Crippen LogP contribution in [0.4, 0.5) is 0 Å². The quantitative estimate of drug-likeness (QED) is 0.869. The zero-order valence-electron chi connectivity index (χ0n) is 11.5. The van der Waals surface area contributed by atoms with Gasteiger partial charge in [-0.05, 0) is 36.8 Å². The monoisotopic (exact) mass is 293 g/mol. The summed E-state index contributed by atoms with van der Waals surface area (Å²) in [6.07, 6.45) is 3.30. The molecule has 0 atom stereocenters. The van der Waals surface area contributed by atoms with E-state index in [-0.39, 0.29) is 17.4 Å². The summed E-state index contributed by atoms with van der Waals surface area (Å²) in [5, 5.41) is 3.21. The summed E-state index contributed by atoms with van der Waals surface area (Å²) in [6.45, 7) is 1.36. The summed E-state index contributed by atoms with van der Waals surface area (Å²) < 4.78 is 5.37. The summed E-state index contributed by atoms with van der Waals surface area (Å²) in [7, 11) is 0. The molecule has 1 heterocycles. The Bertz CT molecular complexity index is 472. The van der Waals surface area contributed by atoms with Crippen LogP contribution in [0.2, 0.25) is 0 Å². The summed E-state index contributed by atoms with van der Waals surface area (Å²) in [5.41, 5.74) is 2.34. The first kappa shape index (κ1) is 13.9. The van der Waals surface area contributed by atoms with Gasteiger partial charge >= 0.3 is 0 Å². The molecule has 3 rings (SSSR count). The van der Waals surface area contributed by atoms with Gasteiger partial charge in [0.2, 0.25) is 5.91 Å². The van der Waals surface area contributed by atoms with E-state index in [0.29, 0.717) is 19.1 Å². The van der Waals surface area contributed by atoms with Gasteiger partial charge in [0.1, 0.15) is 0 Å². The number of nitrogens with one attached hydrogen (secondary N) is 1.